The maximum atomic E-state index is 12.5. The zero-order chi connectivity index (χ0) is 21.0. The summed E-state index contributed by atoms with van der Waals surface area (Å²) in [5.41, 5.74) is 1.55. The summed E-state index contributed by atoms with van der Waals surface area (Å²) >= 11 is 5.42. The number of benzene rings is 1. The average molecular weight is 416 g/mol. The van der Waals surface area contributed by atoms with E-state index in [-0.39, 0.29) is 30.9 Å². The van der Waals surface area contributed by atoms with Crippen molar-refractivity contribution in [2.75, 3.05) is 0 Å². The average Bonchev–Trinajstić information content (AvgIpc) is 2.96. The molecule has 0 unspecified atom stereocenters. The van der Waals surface area contributed by atoms with Crippen molar-refractivity contribution in [1.29, 1.82) is 0 Å². The molecule has 3 rings (SSSR count). The molecular weight excluding hydrogens is 386 g/mol. The minimum absolute atomic E-state index is 0.0755. The van der Waals surface area contributed by atoms with E-state index in [0.29, 0.717) is 22.1 Å². The molecule has 1 fully saturated rings. The van der Waals surface area contributed by atoms with E-state index in [0.717, 1.165) is 24.8 Å². The molecule has 2 amide bonds. The van der Waals surface area contributed by atoms with Crippen LogP contribution in [0.1, 0.15) is 54.4 Å². The third kappa shape index (κ3) is 5.12. The summed E-state index contributed by atoms with van der Waals surface area (Å²) in [6.07, 6.45) is 4.56. The number of aryl methyl sites for hydroxylation is 1. The number of carbonyl (C=O) groups excluding carboxylic acids is 2. The Morgan fingerprint density at radius 1 is 1.24 bits per heavy atom. The molecule has 29 heavy (non-hydrogen) atoms. The fourth-order valence-corrected chi connectivity index (χ4v) is 4.00. The lowest BCUT2D eigenvalue weighted by Crippen LogP contribution is -2.42. The molecule has 1 heterocycles. The Morgan fingerprint density at radius 3 is 2.69 bits per heavy atom. The Kier molecular flexibility index (Phi) is 6.84. The van der Waals surface area contributed by atoms with Crippen molar-refractivity contribution in [1.82, 2.24) is 25.0 Å². The molecule has 1 aromatic heterocycles. The van der Waals surface area contributed by atoms with Crippen LogP contribution in [0.15, 0.2) is 24.3 Å². The van der Waals surface area contributed by atoms with Gasteiger partial charge in [0.15, 0.2) is 10.6 Å². The van der Waals surface area contributed by atoms with Crippen LogP contribution in [0.5, 0.6) is 0 Å². The minimum Gasteiger partial charge on any atom is -0.351 e. The number of hydrogen-bond acceptors (Lipinski definition) is 4. The predicted molar refractivity (Wildman–Crippen MR) is 114 cm³/mol. The van der Waals surface area contributed by atoms with Gasteiger partial charge in [-0.25, -0.2) is 4.68 Å². The van der Waals surface area contributed by atoms with Crippen molar-refractivity contribution in [2.45, 2.75) is 58.7 Å². The van der Waals surface area contributed by atoms with E-state index in [1.165, 1.54) is 11.1 Å². The van der Waals surface area contributed by atoms with Crippen LogP contribution in [0.25, 0.3) is 0 Å². The Balaban J connectivity index is 1.62. The number of carbonyl (C=O) groups is 2. The molecule has 2 atom stereocenters. The zero-order valence-electron chi connectivity index (χ0n) is 17.3. The second-order valence-corrected chi connectivity index (χ2v) is 8.21. The molecule has 0 saturated heterocycles. The van der Waals surface area contributed by atoms with Crippen LogP contribution in [0.4, 0.5) is 0 Å². The fraction of sp³-hybridized carbons (Fsp3) is 0.524. The van der Waals surface area contributed by atoms with Crippen molar-refractivity contribution in [2.24, 2.45) is 13.0 Å². The van der Waals surface area contributed by atoms with Crippen molar-refractivity contribution in [3.63, 3.8) is 0 Å². The van der Waals surface area contributed by atoms with Crippen LogP contribution in [0.3, 0.4) is 0 Å². The van der Waals surface area contributed by atoms with Crippen LogP contribution >= 0.6 is 12.2 Å². The maximum absolute atomic E-state index is 12.5. The first-order valence-electron chi connectivity index (χ1n) is 10.1. The predicted octanol–water partition coefficient (Wildman–Crippen LogP) is 2.88. The second kappa shape index (κ2) is 9.35. The molecule has 0 spiro atoms. The van der Waals surface area contributed by atoms with E-state index < -0.39 is 0 Å². The first-order chi connectivity index (χ1) is 13.9. The molecule has 2 aromatic rings. The number of nitrogens with zero attached hydrogens (tertiary/aromatic N) is 3. The van der Waals surface area contributed by atoms with Gasteiger partial charge in [-0.15, -0.1) is 0 Å². The van der Waals surface area contributed by atoms with Crippen LogP contribution in [0, 0.1) is 17.6 Å². The Morgan fingerprint density at radius 2 is 1.97 bits per heavy atom. The molecule has 156 valence electrons. The van der Waals surface area contributed by atoms with Crippen LogP contribution in [-0.2, 0) is 24.9 Å². The van der Waals surface area contributed by atoms with Crippen LogP contribution in [-0.4, -0.2) is 32.2 Å². The van der Waals surface area contributed by atoms with Gasteiger partial charge in [0.05, 0.1) is 6.54 Å². The van der Waals surface area contributed by atoms with E-state index in [2.05, 4.69) is 22.7 Å². The third-order valence-corrected chi connectivity index (χ3v) is 6.16. The van der Waals surface area contributed by atoms with Crippen molar-refractivity contribution in [3.8, 4) is 0 Å². The summed E-state index contributed by atoms with van der Waals surface area (Å²) in [5.74, 6) is 0.869. The molecule has 1 aromatic carbocycles. The van der Waals surface area contributed by atoms with Gasteiger partial charge in [-0.2, -0.15) is 5.10 Å². The van der Waals surface area contributed by atoms with Crippen molar-refractivity contribution >= 4 is 24.0 Å². The number of amides is 2. The summed E-state index contributed by atoms with van der Waals surface area (Å²) in [7, 11) is 1.79. The van der Waals surface area contributed by atoms with Gasteiger partial charge in [0.1, 0.15) is 6.54 Å². The first-order valence-corrected chi connectivity index (χ1v) is 10.5. The van der Waals surface area contributed by atoms with E-state index in [1.54, 1.807) is 17.7 Å². The topological polar surface area (TPSA) is 80.9 Å². The van der Waals surface area contributed by atoms with E-state index in [9.17, 15) is 9.59 Å². The summed E-state index contributed by atoms with van der Waals surface area (Å²) < 4.78 is 3.70. The van der Waals surface area contributed by atoms with Gasteiger partial charge in [-0.05, 0) is 49.5 Å². The van der Waals surface area contributed by atoms with Crippen LogP contribution < -0.4 is 10.6 Å². The van der Waals surface area contributed by atoms with Gasteiger partial charge in [-0.3, -0.25) is 9.59 Å². The highest BCUT2D eigenvalue weighted by Gasteiger charge is 2.23. The molecule has 0 aliphatic heterocycles. The monoisotopic (exact) mass is 415 g/mol. The Hall–Kier alpha value is -2.48. The normalized spacial score (nSPS) is 19.0. The Bertz CT molecular complexity index is 949. The quantitative estimate of drug-likeness (QED) is 0.711. The lowest BCUT2D eigenvalue weighted by Gasteiger charge is -2.29. The van der Waals surface area contributed by atoms with Crippen molar-refractivity contribution < 1.29 is 9.59 Å². The Labute approximate surface area is 176 Å². The second-order valence-electron chi connectivity index (χ2n) is 7.85. The minimum atomic E-state index is -0.160. The summed E-state index contributed by atoms with van der Waals surface area (Å²) in [6.45, 7) is 4.41. The molecule has 0 radical (unpaired) electrons. The molecule has 1 aliphatic carbocycles. The molecule has 1 saturated carbocycles. The molecule has 7 nitrogen and oxygen atoms in total. The highest BCUT2D eigenvalue weighted by Crippen LogP contribution is 2.23. The SMILES string of the molecule is Cc1ccccc1C(=O)NCc1nn(CC(=O)N[C@H]2CCCC[C@@H]2C)c(=S)n1C. The molecule has 8 heteroatoms. The summed E-state index contributed by atoms with van der Waals surface area (Å²) in [4.78, 5) is 24.9. The number of hydrogen-bond donors (Lipinski definition) is 2. The molecule has 0 bridgehead atoms. The van der Waals surface area contributed by atoms with Gasteiger partial charge in [0.25, 0.3) is 5.91 Å². The van der Waals surface area contributed by atoms with Gasteiger partial charge >= 0.3 is 0 Å². The maximum Gasteiger partial charge on any atom is 0.251 e. The number of aromatic nitrogens is 3. The highest BCUT2D eigenvalue weighted by molar-refractivity contribution is 7.71. The first kappa shape index (κ1) is 21.2. The van der Waals surface area contributed by atoms with E-state index >= 15 is 0 Å². The van der Waals surface area contributed by atoms with E-state index in [1.807, 2.05) is 25.1 Å². The largest absolute Gasteiger partial charge is 0.351 e. The summed E-state index contributed by atoms with van der Waals surface area (Å²) in [6, 6.07) is 7.65. The molecule has 2 N–H and O–H groups in total. The zero-order valence-corrected chi connectivity index (χ0v) is 18.1. The third-order valence-electron chi connectivity index (χ3n) is 5.68. The van der Waals surface area contributed by atoms with Gasteiger partial charge in [-0.1, -0.05) is 38.0 Å². The molecular formula is C21H29N5O2S. The van der Waals surface area contributed by atoms with Gasteiger partial charge in [0, 0.05) is 18.7 Å². The van der Waals surface area contributed by atoms with Gasteiger partial charge < -0.3 is 15.2 Å². The standard InChI is InChI=1S/C21H29N5O2S/c1-14-8-4-6-10-16(14)20(28)22-12-18-24-26(21(29)25(18)3)13-19(27)23-17-11-7-5-9-15(17)2/h4,6,8,10,15,17H,5,7,9,11-13H2,1-3H3,(H,22,28)(H,23,27)/t15-,17-/m0/s1. The smallest absolute Gasteiger partial charge is 0.251 e. The lowest BCUT2D eigenvalue weighted by atomic mass is 9.86. The highest BCUT2D eigenvalue weighted by atomic mass is 32.1. The number of rotatable bonds is 6. The van der Waals surface area contributed by atoms with Gasteiger partial charge in [0.2, 0.25) is 5.91 Å². The van der Waals surface area contributed by atoms with Crippen molar-refractivity contribution in [3.05, 3.63) is 46.0 Å². The molecule has 1 aliphatic rings. The van der Waals surface area contributed by atoms with Crippen LogP contribution in [0.2, 0.25) is 0 Å². The number of nitrogens with one attached hydrogen (secondary N) is 2. The van der Waals surface area contributed by atoms with E-state index in [4.69, 9.17) is 12.2 Å². The lowest BCUT2D eigenvalue weighted by molar-refractivity contribution is -0.123. The summed E-state index contributed by atoms with van der Waals surface area (Å²) in [5, 5.41) is 10.5. The fourth-order valence-electron chi connectivity index (χ4n) is 3.79.